The molecule has 1 aliphatic carbocycles. The van der Waals surface area contributed by atoms with Gasteiger partial charge in [-0.25, -0.2) is 0 Å². The first-order chi connectivity index (χ1) is 9.98. The Morgan fingerprint density at radius 2 is 2.24 bits per heavy atom. The second kappa shape index (κ2) is 5.38. The fourth-order valence-corrected chi connectivity index (χ4v) is 3.47. The third-order valence-electron chi connectivity index (χ3n) is 4.43. The SMILES string of the molecule is CCC(NC1CC(C)(C)Cc2oc(C)cc21)c1ccco1. The van der Waals surface area contributed by atoms with Gasteiger partial charge < -0.3 is 14.2 Å². The molecule has 1 N–H and O–H groups in total. The first-order valence-corrected chi connectivity index (χ1v) is 7.87. The fourth-order valence-electron chi connectivity index (χ4n) is 3.47. The van der Waals surface area contributed by atoms with Crippen LogP contribution in [0, 0.1) is 12.3 Å². The van der Waals surface area contributed by atoms with Crippen LogP contribution in [-0.4, -0.2) is 0 Å². The summed E-state index contributed by atoms with van der Waals surface area (Å²) < 4.78 is 11.5. The highest BCUT2D eigenvalue weighted by molar-refractivity contribution is 5.29. The van der Waals surface area contributed by atoms with Crippen LogP contribution in [0.15, 0.2) is 33.3 Å². The maximum absolute atomic E-state index is 5.91. The van der Waals surface area contributed by atoms with Crippen molar-refractivity contribution in [1.82, 2.24) is 5.32 Å². The van der Waals surface area contributed by atoms with Gasteiger partial charge in [-0.15, -0.1) is 0 Å². The van der Waals surface area contributed by atoms with E-state index < -0.39 is 0 Å². The first-order valence-electron chi connectivity index (χ1n) is 7.87. The van der Waals surface area contributed by atoms with Crippen molar-refractivity contribution < 1.29 is 8.83 Å². The van der Waals surface area contributed by atoms with Gasteiger partial charge in [0.05, 0.1) is 12.3 Å². The fraction of sp³-hybridized carbons (Fsp3) is 0.556. The van der Waals surface area contributed by atoms with Crippen molar-refractivity contribution in [3.05, 3.63) is 47.3 Å². The highest BCUT2D eigenvalue weighted by Gasteiger charge is 2.35. The Balaban J connectivity index is 1.87. The highest BCUT2D eigenvalue weighted by atomic mass is 16.3. The maximum Gasteiger partial charge on any atom is 0.120 e. The number of rotatable bonds is 4. The van der Waals surface area contributed by atoms with Crippen LogP contribution in [0.25, 0.3) is 0 Å². The molecule has 0 aromatic carbocycles. The molecule has 1 aliphatic rings. The highest BCUT2D eigenvalue weighted by Crippen LogP contribution is 2.43. The van der Waals surface area contributed by atoms with Gasteiger partial charge in [-0.3, -0.25) is 0 Å². The van der Waals surface area contributed by atoms with Crippen LogP contribution in [0.1, 0.15) is 68.5 Å². The molecule has 2 unspecified atom stereocenters. The van der Waals surface area contributed by atoms with E-state index in [0.717, 1.165) is 36.5 Å². The molecule has 2 aromatic heterocycles. The van der Waals surface area contributed by atoms with Gasteiger partial charge in [0.1, 0.15) is 17.3 Å². The van der Waals surface area contributed by atoms with E-state index in [1.54, 1.807) is 6.26 Å². The molecule has 0 bridgehead atoms. The van der Waals surface area contributed by atoms with E-state index >= 15 is 0 Å². The Labute approximate surface area is 126 Å². The van der Waals surface area contributed by atoms with Crippen LogP contribution in [-0.2, 0) is 6.42 Å². The van der Waals surface area contributed by atoms with E-state index in [4.69, 9.17) is 8.83 Å². The van der Waals surface area contributed by atoms with Crippen molar-refractivity contribution >= 4 is 0 Å². The van der Waals surface area contributed by atoms with Crippen LogP contribution in [0.2, 0.25) is 0 Å². The summed E-state index contributed by atoms with van der Waals surface area (Å²) in [5.74, 6) is 3.17. The standard InChI is InChI=1S/C18H25NO2/c1-5-14(16-7-6-8-20-16)19-15-10-18(3,4)11-17-13(15)9-12(2)21-17/h6-9,14-15,19H,5,10-11H2,1-4H3. The zero-order valence-electron chi connectivity index (χ0n) is 13.4. The minimum Gasteiger partial charge on any atom is -0.468 e. The normalized spacial score (nSPS) is 22.0. The molecule has 3 nitrogen and oxygen atoms in total. The van der Waals surface area contributed by atoms with Crippen molar-refractivity contribution in [2.75, 3.05) is 0 Å². The lowest BCUT2D eigenvalue weighted by atomic mass is 9.74. The Bertz CT molecular complexity index is 595. The van der Waals surface area contributed by atoms with Gasteiger partial charge in [-0.2, -0.15) is 0 Å². The number of hydrogen-bond acceptors (Lipinski definition) is 3. The summed E-state index contributed by atoms with van der Waals surface area (Å²) in [4.78, 5) is 0. The third-order valence-corrected chi connectivity index (χ3v) is 4.43. The van der Waals surface area contributed by atoms with Gasteiger partial charge in [0.15, 0.2) is 0 Å². The number of aryl methyl sites for hydroxylation is 1. The zero-order chi connectivity index (χ0) is 15.0. The quantitative estimate of drug-likeness (QED) is 0.866. The summed E-state index contributed by atoms with van der Waals surface area (Å²) >= 11 is 0. The average Bonchev–Trinajstić information content (AvgIpc) is 3.03. The van der Waals surface area contributed by atoms with E-state index in [1.807, 2.05) is 13.0 Å². The van der Waals surface area contributed by atoms with Gasteiger partial charge in [-0.05, 0) is 43.4 Å². The molecule has 2 aromatic rings. The number of fused-ring (bicyclic) bond motifs is 1. The molecule has 2 atom stereocenters. The molecule has 0 aliphatic heterocycles. The predicted molar refractivity (Wildman–Crippen MR) is 83.2 cm³/mol. The first kappa shape index (κ1) is 14.5. The number of nitrogens with one attached hydrogen (secondary N) is 1. The molecule has 3 rings (SSSR count). The maximum atomic E-state index is 5.91. The summed E-state index contributed by atoms with van der Waals surface area (Å²) in [6, 6.07) is 6.78. The van der Waals surface area contributed by atoms with E-state index in [-0.39, 0.29) is 11.5 Å². The van der Waals surface area contributed by atoms with Crippen molar-refractivity contribution in [2.24, 2.45) is 5.41 Å². The Hall–Kier alpha value is -1.48. The van der Waals surface area contributed by atoms with Crippen LogP contribution < -0.4 is 5.32 Å². The largest absolute Gasteiger partial charge is 0.468 e. The smallest absolute Gasteiger partial charge is 0.120 e. The lowest BCUT2D eigenvalue weighted by Crippen LogP contribution is -2.34. The third kappa shape index (κ3) is 2.93. The molecule has 0 fully saturated rings. The number of furan rings is 2. The average molecular weight is 287 g/mol. The molecule has 3 heteroatoms. The molecule has 0 saturated heterocycles. The lowest BCUT2D eigenvalue weighted by molar-refractivity contribution is 0.218. The van der Waals surface area contributed by atoms with Crippen molar-refractivity contribution in [1.29, 1.82) is 0 Å². The van der Waals surface area contributed by atoms with Gasteiger partial charge in [0.2, 0.25) is 0 Å². The van der Waals surface area contributed by atoms with Gasteiger partial charge in [0.25, 0.3) is 0 Å². The predicted octanol–water partition coefficient (Wildman–Crippen LogP) is 4.94. The topological polar surface area (TPSA) is 38.3 Å². The molecule has 21 heavy (non-hydrogen) atoms. The Morgan fingerprint density at radius 1 is 1.43 bits per heavy atom. The van der Waals surface area contributed by atoms with Crippen LogP contribution in [0.4, 0.5) is 0 Å². The lowest BCUT2D eigenvalue weighted by Gasteiger charge is -2.36. The minimum atomic E-state index is 0.252. The van der Waals surface area contributed by atoms with Crippen LogP contribution in [0.3, 0.4) is 0 Å². The minimum absolute atomic E-state index is 0.252. The zero-order valence-corrected chi connectivity index (χ0v) is 13.4. The molecular formula is C18H25NO2. The Morgan fingerprint density at radius 3 is 2.90 bits per heavy atom. The molecular weight excluding hydrogens is 262 g/mol. The van der Waals surface area contributed by atoms with E-state index in [2.05, 4.69) is 38.2 Å². The van der Waals surface area contributed by atoms with Crippen molar-refractivity contribution in [3.63, 3.8) is 0 Å². The second-order valence-electron chi connectivity index (χ2n) is 6.98. The second-order valence-corrected chi connectivity index (χ2v) is 6.98. The van der Waals surface area contributed by atoms with Crippen LogP contribution in [0.5, 0.6) is 0 Å². The molecule has 2 heterocycles. The summed E-state index contributed by atoms with van der Waals surface area (Å²) in [5, 5.41) is 3.78. The van der Waals surface area contributed by atoms with E-state index in [0.29, 0.717) is 6.04 Å². The van der Waals surface area contributed by atoms with Gasteiger partial charge in [-0.1, -0.05) is 20.8 Å². The van der Waals surface area contributed by atoms with Crippen LogP contribution >= 0.6 is 0 Å². The van der Waals surface area contributed by atoms with Crippen molar-refractivity contribution in [3.8, 4) is 0 Å². The molecule has 0 spiro atoms. The summed E-state index contributed by atoms with van der Waals surface area (Å²) in [7, 11) is 0. The van der Waals surface area contributed by atoms with Gasteiger partial charge in [0, 0.05) is 18.0 Å². The number of hydrogen-bond donors (Lipinski definition) is 1. The molecule has 0 saturated carbocycles. The summed E-state index contributed by atoms with van der Waals surface area (Å²) in [6.07, 6.45) is 4.90. The molecule has 114 valence electrons. The van der Waals surface area contributed by atoms with E-state index in [1.165, 1.54) is 5.56 Å². The summed E-state index contributed by atoms with van der Waals surface area (Å²) in [5.41, 5.74) is 1.59. The Kier molecular flexibility index (Phi) is 3.70. The molecule has 0 radical (unpaired) electrons. The van der Waals surface area contributed by atoms with E-state index in [9.17, 15) is 0 Å². The van der Waals surface area contributed by atoms with Gasteiger partial charge >= 0.3 is 0 Å². The molecule has 0 amide bonds. The van der Waals surface area contributed by atoms with Crippen molar-refractivity contribution in [2.45, 2.75) is 59.0 Å². The monoisotopic (exact) mass is 287 g/mol. The summed E-state index contributed by atoms with van der Waals surface area (Å²) in [6.45, 7) is 8.86.